The van der Waals surface area contributed by atoms with Gasteiger partial charge in [0, 0.05) is 6.20 Å². The van der Waals surface area contributed by atoms with Gasteiger partial charge in [0.1, 0.15) is 12.1 Å². The number of hydrogen-bond acceptors (Lipinski definition) is 5. The van der Waals surface area contributed by atoms with E-state index < -0.39 is 23.3 Å². The van der Waals surface area contributed by atoms with Gasteiger partial charge in [-0.05, 0) is 19.9 Å². The number of rotatable bonds is 1. The van der Waals surface area contributed by atoms with Gasteiger partial charge in [0.15, 0.2) is 0 Å². The van der Waals surface area contributed by atoms with E-state index in [0.717, 1.165) is 0 Å². The molecule has 1 aliphatic heterocycles. The number of hydrogen-bond donors (Lipinski definition) is 2. The lowest BCUT2D eigenvalue weighted by atomic mass is 9.97. The molecule has 100 valence electrons. The van der Waals surface area contributed by atoms with E-state index in [2.05, 4.69) is 10.3 Å². The van der Waals surface area contributed by atoms with E-state index in [1.165, 1.54) is 23.4 Å². The number of nitrogens with zero attached hydrogens (tertiary/aromatic N) is 2. The van der Waals surface area contributed by atoms with Crippen molar-refractivity contribution in [3.63, 3.8) is 0 Å². The summed E-state index contributed by atoms with van der Waals surface area (Å²) in [7, 11) is 0. The standard InChI is InChI=1S/C12H14N4O3/c1-12(2)11(19)15-9(17)6-16(12)10(18)7-3-4-14-5-8(7)13/h3-5H,6,13H2,1-2H3,(H,15,17,19). The Morgan fingerprint density at radius 1 is 1.47 bits per heavy atom. The molecular formula is C12H14N4O3. The summed E-state index contributed by atoms with van der Waals surface area (Å²) >= 11 is 0. The molecule has 2 heterocycles. The fraction of sp³-hybridized carbons (Fsp3) is 0.333. The molecule has 1 saturated heterocycles. The molecule has 0 bridgehead atoms. The Morgan fingerprint density at radius 2 is 2.16 bits per heavy atom. The SMILES string of the molecule is CC1(C)C(=O)NC(=O)CN1C(=O)c1ccncc1N. The zero-order chi connectivity index (χ0) is 14.2. The molecule has 0 radical (unpaired) electrons. The number of imide groups is 1. The number of nitrogen functional groups attached to an aromatic ring is 1. The van der Waals surface area contributed by atoms with Gasteiger partial charge in [0.05, 0.1) is 17.4 Å². The third kappa shape index (κ3) is 2.14. The predicted molar refractivity (Wildman–Crippen MR) is 66.9 cm³/mol. The minimum absolute atomic E-state index is 0.181. The van der Waals surface area contributed by atoms with Gasteiger partial charge >= 0.3 is 0 Å². The number of anilines is 1. The zero-order valence-electron chi connectivity index (χ0n) is 10.6. The molecule has 7 heteroatoms. The van der Waals surface area contributed by atoms with Gasteiger partial charge in [-0.15, -0.1) is 0 Å². The van der Waals surface area contributed by atoms with Gasteiger partial charge < -0.3 is 10.6 Å². The highest BCUT2D eigenvalue weighted by atomic mass is 16.2. The van der Waals surface area contributed by atoms with Gasteiger partial charge in [-0.2, -0.15) is 0 Å². The number of nitrogens with one attached hydrogen (secondary N) is 1. The third-order valence-corrected chi connectivity index (χ3v) is 3.11. The minimum atomic E-state index is -1.11. The van der Waals surface area contributed by atoms with E-state index in [9.17, 15) is 14.4 Å². The van der Waals surface area contributed by atoms with Crippen LogP contribution < -0.4 is 11.1 Å². The maximum atomic E-state index is 12.4. The second kappa shape index (κ2) is 4.34. The first-order valence-electron chi connectivity index (χ1n) is 5.70. The molecule has 3 N–H and O–H groups in total. The minimum Gasteiger partial charge on any atom is -0.397 e. The summed E-state index contributed by atoms with van der Waals surface area (Å²) in [5, 5.41) is 2.21. The van der Waals surface area contributed by atoms with Crippen LogP contribution in [0.4, 0.5) is 5.69 Å². The van der Waals surface area contributed by atoms with E-state index in [1.807, 2.05) is 0 Å². The molecule has 3 amide bonds. The Hall–Kier alpha value is -2.44. The quantitative estimate of drug-likeness (QED) is 0.666. The molecule has 0 aromatic carbocycles. The van der Waals surface area contributed by atoms with E-state index in [-0.39, 0.29) is 17.8 Å². The van der Waals surface area contributed by atoms with Crippen LogP contribution in [0.15, 0.2) is 18.5 Å². The van der Waals surface area contributed by atoms with Crippen LogP contribution in [0.25, 0.3) is 0 Å². The summed E-state index contributed by atoms with van der Waals surface area (Å²) in [5.74, 6) is -1.48. The van der Waals surface area contributed by atoms with Crippen molar-refractivity contribution in [1.29, 1.82) is 0 Å². The monoisotopic (exact) mass is 262 g/mol. The Labute approximate surface area is 109 Å². The number of carbonyl (C=O) groups is 3. The van der Waals surface area contributed by atoms with Crippen LogP contribution in [0.1, 0.15) is 24.2 Å². The van der Waals surface area contributed by atoms with Crippen LogP contribution in [0, 0.1) is 0 Å². The zero-order valence-corrected chi connectivity index (χ0v) is 10.6. The van der Waals surface area contributed by atoms with Crippen molar-refractivity contribution in [1.82, 2.24) is 15.2 Å². The summed E-state index contributed by atoms with van der Waals surface area (Å²) in [6, 6.07) is 1.46. The van der Waals surface area contributed by atoms with Gasteiger partial charge in [-0.3, -0.25) is 24.7 Å². The highest BCUT2D eigenvalue weighted by molar-refractivity contribution is 6.10. The fourth-order valence-corrected chi connectivity index (χ4v) is 1.86. The molecule has 0 saturated carbocycles. The average molecular weight is 262 g/mol. The Kier molecular flexibility index (Phi) is 2.97. The third-order valence-electron chi connectivity index (χ3n) is 3.11. The number of amides is 3. The van der Waals surface area contributed by atoms with E-state index in [0.29, 0.717) is 0 Å². The maximum Gasteiger partial charge on any atom is 0.257 e. The Balaban J connectivity index is 2.40. The molecule has 1 fully saturated rings. The maximum absolute atomic E-state index is 12.4. The van der Waals surface area contributed by atoms with Crippen LogP contribution >= 0.6 is 0 Å². The molecule has 0 spiro atoms. The van der Waals surface area contributed by atoms with Crippen LogP contribution in [0.2, 0.25) is 0 Å². The summed E-state index contributed by atoms with van der Waals surface area (Å²) in [5.41, 5.74) is 5.02. The topological polar surface area (TPSA) is 105 Å². The van der Waals surface area contributed by atoms with Crippen molar-refractivity contribution in [2.24, 2.45) is 0 Å². The van der Waals surface area contributed by atoms with Crippen LogP contribution in [0.3, 0.4) is 0 Å². The second-order valence-electron chi connectivity index (χ2n) is 4.79. The van der Waals surface area contributed by atoms with Crippen molar-refractivity contribution in [3.8, 4) is 0 Å². The van der Waals surface area contributed by atoms with E-state index in [4.69, 9.17) is 5.73 Å². The smallest absolute Gasteiger partial charge is 0.257 e. The Bertz CT molecular complexity index is 568. The van der Waals surface area contributed by atoms with E-state index >= 15 is 0 Å². The summed E-state index contributed by atoms with van der Waals surface area (Å²) < 4.78 is 0. The highest BCUT2D eigenvalue weighted by Crippen LogP contribution is 2.22. The lowest BCUT2D eigenvalue weighted by Gasteiger charge is -2.40. The van der Waals surface area contributed by atoms with Crippen molar-refractivity contribution < 1.29 is 14.4 Å². The molecule has 0 unspecified atom stereocenters. The first kappa shape index (κ1) is 13.0. The van der Waals surface area contributed by atoms with Crippen LogP contribution in [0.5, 0.6) is 0 Å². The summed E-state index contributed by atoms with van der Waals surface area (Å²) in [4.78, 5) is 40.6. The average Bonchev–Trinajstić information content (AvgIpc) is 2.34. The molecule has 0 atom stereocenters. The predicted octanol–water partition coefficient (Wildman–Crippen LogP) is -0.459. The highest BCUT2D eigenvalue weighted by Gasteiger charge is 2.44. The number of piperazine rings is 1. The lowest BCUT2D eigenvalue weighted by Crippen LogP contribution is -2.65. The first-order chi connectivity index (χ1) is 8.84. The normalized spacial score (nSPS) is 18.1. The fourth-order valence-electron chi connectivity index (χ4n) is 1.86. The number of aromatic nitrogens is 1. The number of nitrogens with two attached hydrogens (primary N) is 1. The first-order valence-corrected chi connectivity index (χ1v) is 5.70. The van der Waals surface area contributed by atoms with Gasteiger partial charge in [-0.1, -0.05) is 0 Å². The van der Waals surface area contributed by atoms with Gasteiger partial charge in [0.25, 0.3) is 11.8 Å². The van der Waals surface area contributed by atoms with E-state index in [1.54, 1.807) is 13.8 Å². The molecule has 0 aliphatic carbocycles. The van der Waals surface area contributed by atoms with Crippen molar-refractivity contribution in [2.75, 3.05) is 12.3 Å². The number of pyridine rings is 1. The van der Waals surface area contributed by atoms with Crippen LogP contribution in [-0.2, 0) is 9.59 Å². The number of carbonyl (C=O) groups excluding carboxylic acids is 3. The summed E-state index contributed by atoms with van der Waals surface area (Å²) in [6.07, 6.45) is 2.79. The molecular weight excluding hydrogens is 248 g/mol. The molecule has 2 rings (SSSR count). The second-order valence-corrected chi connectivity index (χ2v) is 4.79. The Morgan fingerprint density at radius 3 is 2.79 bits per heavy atom. The van der Waals surface area contributed by atoms with Crippen LogP contribution in [-0.4, -0.2) is 39.7 Å². The summed E-state index contributed by atoms with van der Waals surface area (Å²) in [6.45, 7) is 2.97. The molecule has 19 heavy (non-hydrogen) atoms. The van der Waals surface area contributed by atoms with Crippen molar-refractivity contribution in [3.05, 3.63) is 24.0 Å². The lowest BCUT2D eigenvalue weighted by molar-refractivity contribution is -0.143. The molecule has 1 aliphatic rings. The molecule has 7 nitrogen and oxygen atoms in total. The van der Waals surface area contributed by atoms with Gasteiger partial charge in [0.2, 0.25) is 5.91 Å². The van der Waals surface area contributed by atoms with Gasteiger partial charge in [-0.25, -0.2) is 0 Å². The largest absolute Gasteiger partial charge is 0.397 e. The molecule has 1 aromatic rings. The molecule has 1 aromatic heterocycles. The van der Waals surface area contributed by atoms with Crippen molar-refractivity contribution >= 4 is 23.4 Å². The van der Waals surface area contributed by atoms with Crippen molar-refractivity contribution in [2.45, 2.75) is 19.4 Å².